The molecule has 2 aromatic carbocycles. The zero-order valence-electron chi connectivity index (χ0n) is 11.2. The van der Waals surface area contributed by atoms with Gasteiger partial charge in [0.15, 0.2) is 0 Å². The summed E-state index contributed by atoms with van der Waals surface area (Å²) in [5.41, 5.74) is 1.27. The third kappa shape index (κ3) is 4.45. The molecule has 108 valence electrons. The summed E-state index contributed by atoms with van der Waals surface area (Å²) < 4.78 is 3.46. The Morgan fingerprint density at radius 3 is 2.29 bits per heavy atom. The topological polar surface area (TPSA) is 43.1 Å². The molecule has 0 saturated heterocycles. The van der Waals surface area contributed by atoms with Gasteiger partial charge in [-0.2, -0.15) is 0 Å². The first-order valence-electron chi connectivity index (χ1n) is 6.03. The second kappa shape index (κ2) is 7.80. The van der Waals surface area contributed by atoms with Crippen LogP contribution in [0.25, 0.3) is 4.48 Å². The quantitative estimate of drug-likeness (QED) is 0.410. The van der Waals surface area contributed by atoms with Gasteiger partial charge in [0.25, 0.3) is 0 Å². The summed E-state index contributed by atoms with van der Waals surface area (Å²) in [4.78, 5) is 10.3. The van der Waals surface area contributed by atoms with Gasteiger partial charge in [0, 0.05) is 0 Å². The van der Waals surface area contributed by atoms with Crippen molar-refractivity contribution in [3.8, 4) is 0 Å². The number of nitro groups is 1. The first-order valence-corrected chi connectivity index (χ1v) is 9.76. The fourth-order valence-electron chi connectivity index (χ4n) is 1.62. The van der Waals surface area contributed by atoms with E-state index in [1.54, 1.807) is 23.9 Å². The van der Waals surface area contributed by atoms with E-state index in [0.717, 1.165) is 14.5 Å². The van der Waals surface area contributed by atoms with Gasteiger partial charge >= 0.3 is 143 Å². The van der Waals surface area contributed by atoms with Gasteiger partial charge in [-0.25, -0.2) is 0 Å². The fraction of sp³-hybridized carbons (Fsp3) is 0.0667. The monoisotopic (exact) mass is 429 g/mol. The Labute approximate surface area is 142 Å². The number of nitrogens with zero attached hydrogens (tertiary/aromatic N) is 1. The van der Waals surface area contributed by atoms with E-state index >= 15 is 0 Å². The van der Waals surface area contributed by atoms with Gasteiger partial charge in [-0.05, 0) is 0 Å². The summed E-state index contributed by atoms with van der Waals surface area (Å²) >= 11 is 5.49. The molecule has 21 heavy (non-hydrogen) atoms. The fourth-order valence-corrected chi connectivity index (χ4v) is 5.65. The molecule has 0 atom stereocenters. The Hall–Kier alpha value is -1.07. The maximum atomic E-state index is 10.7. The SMILES string of the molecule is CS/C([Se]c1ccc([N+](=O)[O-])cc1)=C(\Br)c1ccccc1. The van der Waals surface area contributed by atoms with Crippen LogP contribution in [0.2, 0.25) is 0 Å². The van der Waals surface area contributed by atoms with Gasteiger partial charge in [-0.15, -0.1) is 0 Å². The molecular formula is C15H12BrNO2SSe. The van der Waals surface area contributed by atoms with Crippen molar-refractivity contribution >= 4 is 57.3 Å². The van der Waals surface area contributed by atoms with E-state index in [4.69, 9.17) is 0 Å². The van der Waals surface area contributed by atoms with Crippen molar-refractivity contribution < 1.29 is 4.92 Å². The van der Waals surface area contributed by atoms with Crippen molar-refractivity contribution in [1.82, 2.24) is 0 Å². The van der Waals surface area contributed by atoms with Gasteiger partial charge < -0.3 is 0 Å². The van der Waals surface area contributed by atoms with Crippen molar-refractivity contribution in [1.29, 1.82) is 0 Å². The number of benzene rings is 2. The van der Waals surface area contributed by atoms with Crippen molar-refractivity contribution in [3.63, 3.8) is 0 Å². The second-order valence-electron chi connectivity index (χ2n) is 4.02. The van der Waals surface area contributed by atoms with Gasteiger partial charge in [0.05, 0.1) is 0 Å². The molecule has 0 aliphatic carbocycles. The molecule has 0 aliphatic rings. The summed E-state index contributed by atoms with van der Waals surface area (Å²) in [5, 5.41) is 10.7. The molecule has 0 amide bonds. The first-order chi connectivity index (χ1) is 10.1. The number of rotatable bonds is 5. The molecule has 2 aromatic rings. The summed E-state index contributed by atoms with van der Waals surface area (Å²) in [5.74, 6) is 0. The Kier molecular flexibility index (Phi) is 6.06. The predicted octanol–water partition coefficient (Wildman–Crippen LogP) is 4.01. The van der Waals surface area contributed by atoms with Crippen LogP contribution in [0.3, 0.4) is 0 Å². The summed E-state index contributed by atoms with van der Waals surface area (Å²) in [6, 6.07) is 16.9. The maximum absolute atomic E-state index is 10.7. The average molecular weight is 429 g/mol. The van der Waals surface area contributed by atoms with Crippen molar-refractivity contribution in [2.24, 2.45) is 0 Å². The molecule has 2 rings (SSSR count). The zero-order valence-corrected chi connectivity index (χ0v) is 15.3. The van der Waals surface area contributed by atoms with Gasteiger partial charge in [-0.1, -0.05) is 0 Å². The molecule has 0 spiro atoms. The minimum absolute atomic E-state index is 0.114. The molecule has 0 N–H and O–H groups in total. The normalized spacial score (nSPS) is 11.9. The van der Waals surface area contributed by atoms with Crippen LogP contribution in [0.1, 0.15) is 5.56 Å². The molecule has 0 heterocycles. The third-order valence-electron chi connectivity index (χ3n) is 2.65. The third-order valence-corrected chi connectivity index (χ3v) is 8.30. The summed E-state index contributed by atoms with van der Waals surface area (Å²) in [7, 11) is 0. The van der Waals surface area contributed by atoms with E-state index in [1.165, 1.54) is 3.80 Å². The van der Waals surface area contributed by atoms with Crippen LogP contribution in [0.5, 0.6) is 0 Å². The Morgan fingerprint density at radius 2 is 1.76 bits per heavy atom. The van der Waals surface area contributed by atoms with Crippen LogP contribution in [0, 0.1) is 10.1 Å². The van der Waals surface area contributed by atoms with Crippen LogP contribution in [-0.2, 0) is 0 Å². The standard InChI is InChI=1S/C15H12BrNO2SSe/c1-20-15(14(16)11-5-3-2-4-6-11)21-13-9-7-12(8-10-13)17(18)19/h2-10H,1H3/b15-14+. The molecule has 0 fully saturated rings. The van der Waals surface area contributed by atoms with Crippen LogP contribution in [0.4, 0.5) is 5.69 Å². The Morgan fingerprint density at radius 1 is 1.14 bits per heavy atom. The molecule has 0 bridgehead atoms. The van der Waals surface area contributed by atoms with E-state index in [-0.39, 0.29) is 25.6 Å². The second-order valence-corrected chi connectivity index (χ2v) is 8.49. The Bertz CT molecular complexity index is 659. The number of halogens is 1. The summed E-state index contributed by atoms with van der Waals surface area (Å²) in [6.07, 6.45) is 2.05. The van der Waals surface area contributed by atoms with E-state index < -0.39 is 0 Å². The predicted molar refractivity (Wildman–Crippen MR) is 94.3 cm³/mol. The zero-order chi connectivity index (χ0) is 15.2. The van der Waals surface area contributed by atoms with Crippen molar-refractivity contribution in [2.45, 2.75) is 0 Å². The van der Waals surface area contributed by atoms with Gasteiger partial charge in [0.1, 0.15) is 0 Å². The van der Waals surface area contributed by atoms with Gasteiger partial charge in [0.2, 0.25) is 0 Å². The molecule has 0 aromatic heterocycles. The van der Waals surface area contributed by atoms with Gasteiger partial charge in [-0.3, -0.25) is 0 Å². The molecule has 3 nitrogen and oxygen atoms in total. The van der Waals surface area contributed by atoms with E-state index in [9.17, 15) is 10.1 Å². The summed E-state index contributed by atoms with van der Waals surface area (Å²) in [6.45, 7) is 0. The molecule has 0 unspecified atom stereocenters. The number of hydrogen-bond donors (Lipinski definition) is 0. The van der Waals surface area contributed by atoms with Crippen molar-refractivity contribution in [3.05, 3.63) is 74.1 Å². The van der Waals surface area contributed by atoms with Crippen molar-refractivity contribution in [2.75, 3.05) is 6.26 Å². The minimum atomic E-state index is -0.373. The molecule has 0 radical (unpaired) electrons. The molecular weight excluding hydrogens is 417 g/mol. The average Bonchev–Trinajstić information content (AvgIpc) is 2.53. The first kappa shape index (κ1) is 16.3. The number of nitro benzene ring substituents is 1. The molecule has 6 heteroatoms. The van der Waals surface area contributed by atoms with Crippen LogP contribution in [0.15, 0.2) is 58.4 Å². The molecule has 0 saturated carbocycles. The van der Waals surface area contributed by atoms with E-state index in [2.05, 4.69) is 28.1 Å². The number of non-ortho nitro benzene ring substituents is 1. The number of hydrogen-bond acceptors (Lipinski definition) is 3. The van der Waals surface area contributed by atoms with Crippen LogP contribution >= 0.6 is 27.7 Å². The van der Waals surface area contributed by atoms with E-state index in [0.29, 0.717) is 0 Å². The van der Waals surface area contributed by atoms with E-state index in [1.807, 2.05) is 36.6 Å². The number of thioether (sulfide) groups is 1. The Balaban J connectivity index is 2.24. The molecule has 0 aliphatic heterocycles. The van der Waals surface area contributed by atoms with Crippen LogP contribution < -0.4 is 4.46 Å². The van der Waals surface area contributed by atoms with Crippen LogP contribution in [-0.4, -0.2) is 26.1 Å².